The second-order valence-corrected chi connectivity index (χ2v) is 6.00. The highest BCUT2D eigenvalue weighted by Crippen LogP contribution is 2.38. The molecule has 3 rings (SSSR count). The molecule has 1 N–H and O–H groups in total. The van der Waals surface area contributed by atoms with Crippen LogP contribution in [0.25, 0.3) is 0 Å². The summed E-state index contributed by atoms with van der Waals surface area (Å²) < 4.78 is 0.732. The zero-order valence-electron chi connectivity index (χ0n) is 10.7. The van der Waals surface area contributed by atoms with Crippen LogP contribution in [-0.2, 0) is 12.8 Å². The van der Waals surface area contributed by atoms with Crippen LogP contribution in [0.5, 0.6) is 0 Å². The molecular weight excluding hydrogens is 351 g/mol. The van der Waals surface area contributed by atoms with Crippen LogP contribution in [0.1, 0.15) is 41.9 Å². The van der Waals surface area contributed by atoms with E-state index in [1.807, 2.05) is 6.07 Å². The molecule has 4 heteroatoms. The molecule has 0 amide bonds. The number of H-pyrrole nitrogens is 1. The van der Waals surface area contributed by atoms with E-state index in [9.17, 15) is 4.79 Å². The Morgan fingerprint density at radius 2 is 2.21 bits per heavy atom. The molecule has 0 saturated heterocycles. The normalized spacial score (nSPS) is 16.8. The summed E-state index contributed by atoms with van der Waals surface area (Å²) >= 11 is 2.09. The van der Waals surface area contributed by atoms with E-state index in [1.165, 1.54) is 11.1 Å². The van der Waals surface area contributed by atoms with Gasteiger partial charge in [0, 0.05) is 5.92 Å². The van der Waals surface area contributed by atoms with Gasteiger partial charge in [-0.3, -0.25) is 4.79 Å². The van der Waals surface area contributed by atoms with Crippen molar-refractivity contribution in [2.75, 3.05) is 0 Å². The van der Waals surface area contributed by atoms with Crippen molar-refractivity contribution < 1.29 is 0 Å². The van der Waals surface area contributed by atoms with Gasteiger partial charge in [0.25, 0.3) is 5.56 Å². The third-order valence-corrected chi connectivity index (χ3v) is 4.73. The van der Waals surface area contributed by atoms with Crippen LogP contribution in [-0.4, -0.2) is 9.97 Å². The second-order valence-electron chi connectivity index (χ2n) is 4.92. The van der Waals surface area contributed by atoms with Gasteiger partial charge in [-0.25, -0.2) is 4.98 Å². The van der Waals surface area contributed by atoms with E-state index in [4.69, 9.17) is 0 Å². The minimum atomic E-state index is -0.00145. The third-order valence-electron chi connectivity index (χ3n) is 3.62. The number of aryl methyl sites for hydroxylation is 1. The molecule has 1 aliphatic carbocycles. The number of fused-ring (bicyclic) bond motifs is 1. The molecule has 0 saturated carbocycles. The van der Waals surface area contributed by atoms with Crippen molar-refractivity contribution in [3.05, 3.63) is 60.8 Å². The van der Waals surface area contributed by atoms with Crippen LogP contribution in [0.2, 0.25) is 0 Å². The van der Waals surface area contributed by atoms with Crippen LogP contribution < -0.4 is 5.56 Å². The summed E-state index contributed by atoms with van der Waals surface area (Å²) in [5.74, 6) is 1.09. The number of halogens is 1. The van der Waals surface area contributed by atoms with Crippen LogP contribution in [0, 0.1) is 3.57 Å². The van der Waals surface area contributed by atoms with Gasteiger partial charge in [-0.05, 0) is 46.6 Å². The standard InChI is InChI=1S/C15H15IN2O/c1-2-5-12-13(16)15(19)18-14(17-12)11-8-9-6-3-4-7-10(9)11/h3-4,6-7,11H,2,5,8H2,1H3,(H,17,18,19). The molecule has 1 aromatic heterocycles. The molecule has 98 valence electrons. The molecule has 19 heavy (non-hydrogen) atoms. The maximum atomic E-state index is 12.0. The van der Waals surface area contributed by atoms with Crippen molar-refractivity contribution in [1.82, 2.24) is 9.97 Å². The van der Waals surface area contributed by atoms with Crippen LogP contribution in [0.4, 0.5) is 0 Å². The molecule has 3 nitrogen and oxygen atoms in total. The molecule has 1 atom stereocenters. The molecule has 1 unspecified atom stereocenters. The van der Waals surface area contributed by atoms with Gasteiger partial charge in [0.2, 0.25) is 0 Å². The van der Waals surface area contributed by atoms with Crippen LogP contribution >= 0.6 is 22.6 Å². The minimum absolute atomic E-state index is 0.00145. The predicted octanol–water partition coefficient (Wildman–Crippen LogP) is 3.02. The summed E-state index contributed by atoms with van der Waals surface area (Å²) in [7, 11) is 0. The molecule has 0 spiro atoms. The second kappa shape index (κ2) is 5.07. The molecule has 0 fully saturated rings. The zero-order valence-corrected chi connectivity index (χ0v) is 12.9. The first kappa shape index (κ1) is 12.8. The third kappa shape index (κ3) is 2.22. The lowest BCUT2D eigenvalue weighted by Crippen LogP contribution is -2.26. The molecule has 0 bridgehead atoms. The first-order valence-corrected chi connectivity index (χ1v) is 7.65. The number of hydrogen-bond acceptors (Lipinski definition) is 2. The van der Waals surface area contributed by atoms with E-state index < -0.39 is 0 Å². The van der Waals surface area contributed by atoms with Crippen molar-refractivity contribution in [3.8, 4) is 0 Å². The lowest BCUT2D eigenvalue weighted by Gasteiger charge is -2.29. The number of hydrogen-bond donors (Lipinski definition) is 1. The van der Waals surface area contributed by atoms with Crippen molar-refractivity contribution in [2.45, 2.75) is 32.1 Å². The van der Waals surface area contributed by atoms with Gasteiger partial charge in [0.05, 0.1) is 9.26 Å². The van der Waals surface area contributed by atoms with Gasteiger partial charge in [-0.15, -0.1) is 0 Å². The summed E-state index contributed by atoms with van der Waals surface area (Å²) in [6, 6.07) is 8.37. The number of aromatic nitrogens is 2. The monoisotopic (exact) mass is 366 g/mol. The highest BCUT2D eigenvalue weighted by molar-refractivity contribution is 14.1. The number of aromatic amines is 1. The molecule has 0 radical (unpaired) electrons. The minimum Gasteiger partial charge on any atom is -0.309 e. The SMILES string of the molecule is CCCc1nc(C2Cc3ccccc32)[nH]c(=O)c1I. The number of benzene rings is 1. The highest BCUT2D eigenvalue weighted by atomic mass is 127. The van der Waals surface area contributed by atoms with Gasteiger partial charge < -0.3 is 4.98 Å². The van der Waals surface area contributed by atoms with Crippen molar-refractivity contribution >= 4 is 22.6 Å². The molecule has 2 aromatic rings. The summed E-state index contributed by atoms with van der Waals surface area (Å²) in [6.45, 7) is 2.11. The first-order chi connectivity index (χ1) is 9.20. The summed E-state index contributed by atoms with van der Waals surface area (Å²) in [5.41, 5.74) is 3.60. The van der Waals surface area contributed by atoms with Gasteiger partial charge >= 0.3 is 0 Å². The Balaban J connectivity index is 2.02. The van der Waals surface area contributed by atoms with E-state index in [-0.39, 0.29) is 11.5 Å². The van der Waals surface area contributed by atoms with E-state index in [0.29, 0.717) is 0 Å². The highest BCUT2D eigenvalue weighted by Gasteiger charge is 2.29. The average molecular weight is 366 g/mol. The molecule has 1 aromatic carbocycles. The predicted molar refractivity (Wildman–Crippen MR) is 83.6 cm³/mol. The zero-order chi connectivity index (χ0) is 13.4. The van der Waals surface area contributed by atoms with Gasteiger partial charge in [-0.1, -0.05) is 37.6 Å². The van der Waals surface area contributed by atoms with Crippen molar-refractivity contribution in [2.24, 2.45) is 0 Å². The lowest BCUT2D eigenvalue weighted by molar-refractivity contribution is 0.645. The van der Waals surface area contributed by atoms with Gasteiger partial charge in [0.1, 0.15) is 5.82 Å². The lowest BCUT2D eigenvalue weighted by atomic mass is 9.77. The fourth-order valence-electron chi connectivity index (χ4n) is 2.59. The van der Waals surface area contributed by atoms with Crippen LogP contribution in [0.3, 0.4) is 0 Å². The number of nitrogens with one attached hydrogen (secondary N) is 1. The Morgan fingerprint density at radius 3 is 2.95 bits per heavy atom. The fraction of sp³-hybridized carbons (Fsp3) is 0.333. The first-order valence-electron chi connectivity index (χ1n) is 6.57. The van der Waals surface area contributed by atoms with Crippen molar-refractivity contribution in [3.63, 3.8) is 0 Å². The Kier molecular flexibility index (Phi) is 3.43. The largest absolute Gasteiger partial charge is 0.309 e. The van der Waals surface area contributed by atoms with E-state index >= 15 is 0 Å². The molecule has 0 aliphatic heterocycles. The quantitative estimate of drug-likeness (QED) is 0.849. The van der Waals surface area contributed by atoms with E-state index in [2.05, 4.69) is 57.7 Å². The van der Waals surface area contributed by atoms with Crippen molar-refractivity contribution in [1.29, 1.82) is 0 Å². The Labute approximate surface area is 125 Å². The van der Waals surface area contributed by atoms with Gasteiger partial charge in [0.15, 0.2) is 0 Å². The molecular formula is C15H15IN2O. The van der Waals surface area contributed by atoms with Gasteiger partial charge in [-0.2, -0.15) is 0 Å². The van der Waals surface area contributed by atoms with E-state index in [1.54, 1.807) is 0 Å². The summed E-state index contributed by atoms with van der Waals surface area (Å²) in [5, 5.41) is 0. The topological polar surface area (TPSA) is 45.8 Å². The molecule has 1 aliphatic rings. The summed E-state index contributed by atoms with van der Waals surface area (Å²) in [6.07, 6.45) is 2.85. The Morgan fingerprint density at radius 1 is 1.42 bits per heavy atom. The maximum Gasteiger partial charge on any atom is 0.264 e. The van der Waals surface area contributed by atoms with Crippen LogP contribution in [0.15, 0.2) is 29.1 Å². The van der Waals surface area contributed by atoms with E-state index in [0.717, 1.165) is 34.4 Å². The summed E-state index contributed by atoms with van der Waals surface area (Å²) in [4.78, 5) is 19.6. The fourth-order valence-corrected chi connectivity index (χ4v) is 3.12. The molecule has 1 heterocycles. The average Bonchev–Trinajstić information content (AvgIpc) is 2.37. The number of nitrogens with zero attached hydrogens (tertiary/aromatic N) is 1. The Bertz CT molecular complexity index is 678. The smallest absolute Gasteiger partial charge is 0.264 e. The Hall–Kier alpha value is -1.17. The number of rotatable bonds is 3. The maximum absolute atomic E-state index is 12.0.